The molecule has 1 aliphatic heterocycles. The van der Waals surface area contributed by atoms with Crippen LogP contribution in [0.4, 0.5) is 33.5 Å². The number of nitrogens with one attached hydrogen (secondary N) is 2. The minimum absolute atomic E-state index is 0.156. The van der Waals surface area contributed by atoms with Crippen molar-refractivity contribution in [3.63, 3.8) is 0 Å². The predicted octanol–water partition coefficient (Wildman–Crippen LogP) is 4.67. The molecule has 1 unspecified atom stereocenters. The Bertz CT molecular complexity index is 1650. The van der Waals surface area contributed by atoms with Crippen LogP contribution in [-0.4, -0.2) is 64.0 Å². The monoisotopic (exact) mass is 660 g/mol. The van der Waals surface area contributed by atoms with E-state index in [0.717, 1.165) is 30.7 Å². The fourth-order valence-electron chi connectivity index (χ4n) is 4.89. The molecule has 1 aromatic heterocycles. The average Bonchev–Trinajstić information content (AvgIpc) is 3.25. The largest absolute Gasteiger partial charge is 0.497 e. The van der Waals surface area contributed by atoms with E-state index >= 15 is 8.78 Å². The molecule has 0 saturated carbocycles. The van der Waals surface area contributed by atoms with Gasteiger partial charge in [0.15, 0.2) is 0 Å². The van der Waals surface area contributed by atoms with Gasteiger partial charge in [0.05, 0.1) is 24.5 Å². The summed E-state index contributed by atoms with van der Waals surface area (Å²) in [6, 6.07) is 8.43. The zero-order chi connectivity index (χ0) is 32.4. The molecule has 0 bridgehead atoms. The molecular weight excluding hydrogens is 635 g/mol. The lowest BCUT2D eigenvalue weighted by Crippen LogP contribution is -2.36. The van der Waals surface area contributed by atoms with E-state index in [1.807, 2.05) is 0 Å². The zero-order valence-corrected chi connectivity index (χ0v) is 24.8. The fourth-order valence-corrected chi connectivity index (χ4v) is 5.49. The molecule has 2 aromatic carbocycles. The number of anilines is 2. The molecule has 0 spiro atoms. The van der Waals surface area contributed by atoms with Crippen LogP contribution >= 0.6 is 11.6 Å². The Labute approximate surface area is 254 Å². The molecule has 236 valence electrons. The average molecular weight is 661 g/mol. The Morgan fingerprint density at radius 1 is 1.14 bits per heavy atom. The Balaban J connectivity index is 1.75. The van der Waals surface area contributed by atoms with Gasteiger partial charge in [-0.05, 0) is 30.3 Å². The highest BCUT2D eigenvalue weighted by molar-refractivity contribution is 7.90. The van der Waals surface area contributed by atoms with E-state index in [2.05, 4.69) is 15.6 Å². The molecule has 3 aromatic rings. The van der Waals surface area contributed by atoms with Crippen molar-refractivity contribution in [1.29, 1.82) is 0 Å². The lowest BCUT2D eigenvalue weighted by Gasteiger charge is -2.23. The molecule has 2 atom stereocenters. The number of carbonyl (C=O) groups is 2. The zero-order valence-electron chi connectivity index (χ0n) is 23.2. The molecule has 0 radical (unpaired) electrons. The van der Waals surface area contributed by atoms with E-state index in [0.29, 0.717) is 9.92 Å². The first kappa shape index (κ1) is 32.9. The van der Waals surface area contributed by atoms with E-state index in [1.54, 1.807) is 0 Å². The van der Waals surface area contributed by atoms with Crippen molar-refractivity contribution >= 4 is 44.8 Å². The van der Waals surface area contributed by atoms with Gasteiger partial charge in [0.1, 0.15) is 38.6 Å². The lowest BCUT2D eigenvalue weighted by atomic mass is 9.87. The molecule has 4 rings (SSSR count). The van der Waals surface area contributed by atoms with Crippen molar-refractivity contribution < 1.29 is 44.7 Å². The number of amides is 2. The van der Waals surface area contributed by atoms with Gasteiger partial charge in [-0.1, -0.05) is 11.6 Å². The summed E-state index contributed by atoms with van der Waals surface area (Å²) in [6.45, 7) is -1.48. The third-order valence-corrected chi connectivity index (χ3v) is 8.15. The van der Waals surface area contributed by atoms with Crippen molar-refractivity contribution in [3.8, 4) is 5.75 Å². The highest BCUT2D eigenvalue weighted by atomic mass is 35.5. The first-order valence-electron chi connectivity index (χ1n) is 13.0. The molecule has 2 heterocycles. The summed E-state index contributed by atoms with van der Waals surface area (Å²) in [5.74, 6) is -8.09. The highest BCUT2D eigenvalue weighted by Crippen LogP contribution is 2.45. The SMILES string of the molecule is COc1cc(F)c([C@@H]2CN(c3nccc(NCCS(C)(=O)=O)c3C(F)(F)F)C(=O)C2CNC(=O)c2ccc(Cl)cc2)c(F)c1. The molecule has 1 fully saturated rings. The van der Waals surface area contributed by atoms with Crippen LogP contribution in [0, 0.1) is 17.6 Å². The summed E-state index contributed by atoms with van der Waals surface area (Å²) >= 11 is 5.85. The molecule has 2 amide bonds. The summed E-state index contributed by atoms with van der Waals surface area (Å²) < 4.78 is 102. The number of pyridine rings is 1. The maximum atomic E-state index is 15.2. The molecule has 0 aliphatic carbocycles. The first-order valence-corrected chi connectivity index (χ1v) is 15.4. The minimum atomic E-state index is -5.08. The molecule has 1 aliphatic rings. The van der Waals surface area contributed by atoms with Gasteiger partial charge in [0, 0.05) is 66.3 Å². The molecule has 1 saturated heterocycles. The number of aromatic nitrogens is 1. The number of nitrogens with zero attached hydrogens (tertiary/aromatic N) is 2. The number of sulfone groups is 1. The number of methoxy groups -OCH3 is 1. The third-order valence-electron chi connectivity index (χ3n) is 6.95. The van der Waals surface area contributed by atoms with E-state index in [9.17, 15) is 31.2 Å². The summed E-state index contributed by atoms with van der Waals surface area (Å²) in [4.78, 5) is 31.0. The Hall–Kier alpha value is -3.98. The van der Waals surface area contributed by atoms with Gasteiger partial charge in [-0.15, -0.1) is 0 Å². The van der Waals surface area contributed by atoms with Crippen LogP contribution < -0.4 is 20.3 Å². The lowest BCUT2D eigenvalue weighted by molar-refractivity contribution is -0.136. The quantitative estimate of drug-likeness (QED) is 0.304. The maximum Gasteiger partial charge on any atom is 0.421 e. The van der Waals surface area contributed by atoms with Gasteiger partial charge in [-0.2, -0.15) is 13.2 Å². The van der Waals surface area contributed by atoms with Gasteiger partial charge >= 0.3 is 6.18 Å². The second-order valence-corrected chi connectivity index (χ2v) is 12.7. The third kappa shape index (κ3) is 7.38. The number of alkyl halides is 3. The van der Waals surface area contributed by atoms with Gasteiger partial charge in [-0.3, -0.25) is 14.5 Å². The van der Waals surface area contributed by atoms with Crippen molar-refractivity contribution in [2.75, 3.05) is 49.0 Å². The number of halogens is 6. The van der Waals surface area contributed by atoms with Gasteiger partial charge < -0.3 is 15.4 Å². The van der Waals surface area contributed by atoms with Crippen molar-refractivity contribution in [3.05, 3.63) is 82.0 Å². The standard InChI is InChI=1S/C28H26ClF5N4O5S/c1-43-17-11-20(30)23(21(31)12-17)19-14-38(27(40)18(19)13-37-26(39)15-3-5-16(29)6-4-15)25-24(28(32,33)34)22(7-8-36-25)35-9-10-44(2,41)42/h3-8,11-12,18-19H,9-10,13-14H2,1-2H3,(H,35,36)(H,37,39)/t18?,19-/m1/s1. The number of ether oxygens (including phenoxy) is 1. The second kappa shape index (κ2) is 12.9. The Kier molecular flexibility index (Phi) is 9.68. The predicted molar refractivity (Wildman–Crippen MR) is 153 cm³/mol. The number of rotatable bonds is 10. The fraction of sp³-hybridized carbons (Fsp3) is 0.321. The van der Waals surface area contributed by atoms with E-state index in [1.165, 1.54) is 31.4 Å². The van der Waals surface area contributed by atoms with E-state index in [-0.39, 0.29) is 17.9 Å². The Morgan fingerprint density at radius 2 is 1.77 bits per heavy atom. The summed E-state index contributed by atoms with van der Waals surface area (Å²) in [7, 11) is -2.33. The molecule has 2 N–H and O–H groups in total. The van der Waals surface area contributed by atoms with Gasteiger partial charge in [0.25, 0.3) is 5.91 Å². The number of hydrogen-bond donors (Lipinski definition) is 2. The van der Waals surface area contributed by atoms with Crippen LogP contribution in [0.15, 0.2) is 48.7 Å². The van der Waals surface area contributed by atoms with Gasteiger partial charge in [-0.25, -0.2) is 22.2 Å². The maximum absolute atomic E-state index is 15.2. The van der Waals surface area contributed by atoms with Crippen LogP contribution in [-0.2, 0) is 20.8 Å². The highest BCUT2D eigenvalue weighted by Gasteiger charge is 2.48. The van der Waals surface area contributed by atoms with Gasteiger partial charge in [0.2, 0.25) is 5.91 Å². The first-order chi connectivity index (χ1) is 20.6. The normalized spacial score (nSPS) is 17.1. The molecule has 16 heteroatoms. The topological polar surface area (TPSA) is 118 Å². The van der Waals surface area contributed by atoms with Crippen LogP contribution in [0.5, 0.6) is 5.75 Å². The van der Waals surface area contributed by atoms with Crippen molar-refractivity contribution in [1.82, 2.24) is 10.3 Å². The summed E-state index contributed by atoms with van der Waals surface area (Å²) in [5, 5.41) is 5.29. The van der Waals surface area contributed by atoms with Crippen LogP contribution in [0.3, 0.4) is 0 Å². The van der Waals surface area contributed by atoms with E-state index < -0.39 is 92.8 Å². The van der Waals surface area contributed by atoms with E-state index in [4.69, 9.17) is 16.3 Å². The minimum Gasteiger partial charge on any atom is -0.497 e. The molecule has 9 nitrogen and oxygen atoms in total. The number of hydrogen-bond acceptors (Lipinski definition) is 7. The number of carbonyl (C=O) groups excluding carboxylic acids is 2. The van der Waals surface area contributed by atoms with Crippen LogP contribution in [0.25, 0.3) is 0 Å². The Morgan fingerprint density at radius 3 is 2.34 bits per heavy atom. The van der Waals surface area contributed by atoms with Crippen molar-refractivity contribution in [2.45, 2.75) is 12.1 Å². The summed E-state index contributed by atoms with van der Waals surface area (Å²) in [6.07, 6.45) is -3.17. The molecular formula is C28H26ClF5N4O5S. The second-order valence-electron chi connectivity index (χ2n) is 9.99. The van der Waals surface area contributed by atoms with Crippen molar-refractivity contribution in [2.24, 2.45) is 5.92 Å². The molecule has 44 heavy (non-hydrogen) atoms. The smallest absolute Gasteiger partial charge is 0.421 e. The van der Waals surface area contributed by atoms with Crippen LogP contribution in [0.1, 0.15) is 27.4 Å². The number of benzene rings is 2. The van der Waals surface area contributed by atoms with Crippen LogP contribution in [0.2, 0.25) is 5.02 Å². The summed E-state index contributed by atoms with van der Waals surface area (Å²) in [5.41, 5.74) is -2.34.